The smallest absolute Gasteiger partial charge is 0.192 e. The van der Waals surface area contributed by atoms with Gasteiger partial charge < -0.3 is 18.8 Å². The molecule has 4 rings (SSSR count). The van der Waals surface area contributed by atoms with Crippen molar-refractivity contribution in [3.63, 3.8) is 0 Å². The van der Waals surface area contributed by atoms with Crippen molar-refractivity contribution in [2.45, 2.75) is 58.1 Å². The second kappa shape index (κ2) is 7.30. The molecular formula is C22H31N3O3Si. The summed E-state index contributed by atoms with van der Waals surface area (Å²) in [7, 11) is -1.74. The highest BCUT2D eigenvalue weighted by Gasteiger charge is 2.36. The number of rotatable bonds is 6. The van der Waals surface area contributed by atoms with Gasteiger partial charge in [-0.15, -0.1) is 0 Å². The van der Waals surface area contributed by atoms with Crippen molar-refractivity contribution < 1.29 is 14.3 Å². The summed E-state index contributed by atoms with van der Waals surface area (Å²) in [5.74, 6) is 0.245. The Morgan fingerprint density at radius 3 is 2.69 bits per heavy atom. The first-order valence-corrected chi connectivity index (χ1v) is 13.2. The molecule has 0 aliphatic carbocycles. The monoisotopic (exact) mass is 413 g/mol. The Morgan fingerprint density at radius 1 is 1.28 bits per heavy atom. The summed E-state index contributed by atoms with van der Waals surface area (Å²) in [6, 6.07) is 7.47. The zero-order chi connectivity index (χ0) is 20.8. The molecule has 1 fully saturated rings. The van der Waals surface area contributed by atoms with Crippen LogP contribution in [0, 0.1) is 0 Å². The summed E-state index contributed by atoms with van der Waals surface area (Å²) in [5.41, 5.74) is 2.89. The van der Waals surface area contributed by atoms with Crippen LogP contribution in [0.4, 0.5) is 0 Å². The highest BCUT2D eigenvalue weighted by Crippen LogP contribution is 2.37. The number of ether oxygens (including phenoxy) is 1. The van der Waals surface area contributed by atoms with Gasteiger partial charge in [-0.05, 0) is 42.4 Å². The van der Waals surface area contributed by atoms with Gasteiger partial charge in [-0.3, -0.25) is 0 Å². The zero-order valence-corrected chi connectivity index (χ0v) is 19.0. The third kappa shape index (κ3) is 3.86. The van der Waals surface area contributed by atoms with Gasteiger partial charge in [-0.25, -0.2) is 4.68 Å². The molecule has 1 saturated heterocycles. The van der Waals surface area contributed by atoms with E-state index >= 15 is 0 Å². The van der Waals surface area contributed by atoms with Crippen LogP contribution in [0.5, 0.6) is 5.75 Å². The van der Waals surface area contributed by atoms with Crippen molar-refractivity contribution in [3.8, 4) is 17.0 Å². The first kappa shape index (κ1) is 20.2. The molecule has 0 spiro atoms. The van der Waals surface area contributed by atoms with Crippen LogP contribution < -0.4 is 0 Å². The van der Waals surface area contributed by atoms with Crippen LogP contribution in [0.15, 0.2) is 36.7 Å². The number of phenols is 1. The van der Waals surface area contributed by atoms with Gasteiger partial charge in [0.2, 0.25) is 0 Å². The Balaban J connectivity index is 1.55. The lowest BCUT2D eigenvalue weighted by atomic mass is 10.1. The maximum Gasteiger partial charge on any atom is 0.192 e. The Morgan fingerprint density at radius 2 is 2.03 bits per heavy atom. The molecule has 0 amide bonds. The molecule has 1 N–H and O–H groups in total. The lowest BCUT2D eigenvalue weighted by molar-refractivity contribution is -0.104. The molecule has 156 valence electrons. The third-order valence-corrected chi connectivity index (χ3v) is 10.8. The fraction of sp³-hybridized carbons (Fsp3) is 0.500. The van der Waals surface area contributed by atoms with Crippen molar-refractivity contribution in [1.29, 1.82) is 0 Å². The van der Waals surface area contributed by atoms with Crippen molar-refractivity contribution in [2.24, 2.45) is 0 Å². The van der Waals surface area contributed by atoms with Crippen LogP contribution in [-0.2, 0) is 15.7 Å². The highest BCUT2D eigenvalue weighted by molar-refractivity contribution is 6.74. The third-order valence-electron chi connectivity index (χ3n) is 6.28. The number of hydrogen-bond donors (Lipinski definition) is 1. The molecule has 0 saturated carbocycles. The lowest BCUT2D eigenvalue weighted by Crippen LogP contribution is -2.41. The van der Waals surface area contributed by atoms with Crippen LogP contribution >= 0.6 is 0 Å². The number of hydrogen-bond acceptors (Lipinski definition) is 4. The molecule has 6 nitrogen and oxygen atoms in total. The van der Waals surface area contributed by atoms with E-state index in [9.17, 15) is 5.11 Å². The lowest BCUT2D eigenvalue weighted by Gasteiger charge is -2.36. The Labute approximate surface area is 173 Å². The summed E-state index contributed by atoms with van der Waals surface area (Å²) in [6.45, 7) is 13.6. The molecule has 1 aliphatic rings. The fourth-order valence-electron chi connectivity index (χ4n) is 3.32. The van der Waals surface area contributed by atoms with Gasteiger partial charge in [0.15, 0.2) is 14.5 Å². The SMILES string of the molecule is CC(C)(C)[Si](C)(C)OCCn1ccc(-c2nn(C3CCO3)c3ccc(O)cc23)c1. The molecule has 1 atom stereocenters. The average Bonchev–Trinajstić information content (AvgIpc) is 3.17. The highest BCUT2D eigenvalue weighted by atomic mass is 28.4. The Hall–Kier alpha value is -2.09. The zero-order valence-electron chi connectivity index (χ0n) is 18.0. The standard InChI is InChI=1S/C22H31N3O3Si/c1-22(2,3)29(4,5)28-13-11-24-10-8-16(15-24)21-18-14-17(26)6-7-19(18)25(23-21)20-9-12-27-20/h6-8,10,14-15,20,26H,9,11-13H2,1-5H3. The average molecular weight is 414 g/mol. The summed E-state index contributed by atoms with van der Waals surface area (Å²) in [5, 5.41) is 16.0. The topological polar surface area (TPSA) is 61.4 Å². The van der Waals surface area contributed by atoms with Crippen LogP contribution in [-0.4, -0.2) is 41.0 Å². The normalized spacial score (nSPS) is 17.6. The van der Waals surface area contributed by atoms with Gasteiger partial charge in [0.1, 0.15) is 11.4 Å². The number of nitrogens with zero attached hydrogens (tertiary/aromatic N) is 3. The minimum atomic E-state index is -1.74. The van der Waals surface area contributed by atoms with Gasteiger partial charge in [-0.1, -0.05) is 20.8 Å². The fourth-order valence-corrected chi connectivity index (χ4v) is 4.36. The summed E-state index contributed by atoms with van der Waals surface area (Å²) < 4.78 is 16.0. The van der Waals surface area contributed by atoms with E-state index in [2.05, 4.69) is 56.9 Å². The molecule has 0 bridgehead atoms. The molecule has 0 radical (unpaired) electrons. The van der Waals surface area contributed by atoms with Gasteiger partial charge >= 0.3 is 0 Å². The van der Waals surface area contributed by atoms with Gasteiger partial charge in [0, 0.05) is 36.3 Å². The van der Waals surface area contributed by atoms with Crippen LogP contribution in [0.2, 0.25) is 18.1 Å². The van der Waals surface area contributed by atoms with Crippen molar-refractivity contribution in [1.82, 2.24) is 14.3 Å². The van der Waals surface area contributed by atoms with E-state index in [1.54, 1.807) is 12.1 Å². The molecule has 1 aromatic carbocycles. The van der Waals surface area contributed by atoms with Gasteiger partial charge in [0.05, 0.1) is 18.7 Å². The molecule has 2 aromatic heterocycles. The van der Waals surface area contributed by atoms with E-state index in [0.29, 0.717) is 6.61 Å². The minimum Gasteiger partial charge on any atom is -0.508 e. The van der Waals surface area contributed by atoms with Crippen molar-refractivity contribution in [2.75, 3.05) is 13.2 Å². The molecule has 3 aromatic rings. The first-order valence-electron chi connectivity index (χ1n) is 10.3. The maximum absolute atomic E-state index is 10.00. The Bertz CT molecular complexity index is 1010. The summed E-state index contributed by atoms with van der Waals surface area (Å²) in [6.07, 6.45) is 5.11. The first-order chi connectivity index (χ1) is 13.7. The summed E-state index contributed by atoms with van der Waals surface area (Å²) >= 11 is 0. The van der Waals surface area contributed by atoms with E-state index in [1.807, 2.05) is 10.7 Å². The largest absolute Gasteiger partial charge is 0.508 e. The van der Waals surface area contributed by atoms with Crippen LogP contribution in [0.3, 0.4) is 0 Å². The molecular weight excluding hydrogens is 382 g/mol. The molecule has 3 heterocycles. The van der Waals surface area contributed by atoms with Crippen molar-refractivity contribution in [3.05, 3.63) is 36.7 Å². The van der Waals surface area contributed by atoms with Crippen molar-refractivity contribution >= 4 is 19.2 Å². The van der Waals surface area contributed by atoms with Gasteiger partial charge in [0.25, 0.3) is 0 Å². The van der Waals surface area contributed by atoms with Crippen LogP contribution in [0.1, 0.15) is 33.4 Å². The predicted molar refractivity (Wildman–Crippen MR) is 118 cm³/mol. The van der Waals surface area contributed by atoms with Gasteiger partial charge in [-0.2, -0.15) is 5.10 Å². The number of aromatic hydroxyl groups is 1. The summed E-state index contributed by atoms with van der Waals surface area (Å²) in [4.78, 5) is 0. The van der Waals surface area contributed by atoms with Crippen LogP contribution in [0.25, 0.3) is 22.2 Å². The van der Waals surface area contributed by atoms with E-state index in [1.165, 1.54) is 0 Å². The molecule has 1 unspecified atom stereocenters. The number of benzene rings is 1. The number of aromatic nitrogens is 3. The molecule has 7 heteroatoms. The maximum atomic E-state index is 10.00. The van der Waals surface area contributed by atoms with E-state index < -0.39 is 8.32 Å². The second-order valence-corrected chi connectivity index (χ2v) is 14.2. The minimum absolute atomic E-state index is 0.0177. The number of phenolic OH excluding ortho intramolecular Hbond substituents is 1. The number of fused-ring (bicyclic) bond motifs is 1. The predicted octanol–water partition coefficient (Wildman–Crippen LogP) is 5.15. The molecule has 29 heavy (non-hydrogen) atoms. The van der Waals surface area contributed by atoms with E-state index in [0.717, 1.165) is 41.7 Å². The quantitative estimate of drug-likeness (QED) is 0.568. The van der Waals surface area contributed by atoms with E-state index in [-0.39, 0.29) is 17.0 Å². The second-order valence-electron chi connectivity index (χ2n) is 9.36. The Kier molecular flexibility index (Phi) is 5.09. The van der Waals surface area contributed by atoms with E-state index in [4.69, 9.17) is 14.3 Å². The molecule has 1 aliphatic heterocycles.